The van der Waals surface area contributed by atoms with Crippen LogP contribution in [0.4, 0.5) is 11.4 Å². The Morgan fingerprint density at radius 2 is 2.06 bits per heavy atom. The molecule has 5 nitrogen and oxygen atoms in total. The first kappa shape index (κ1) is 12.7. The molecule has 2 rings (SSSR count). The molecule has 0 heterocycles. The van der Waals surface area contributed by atoms with E-state index in [-0.39, 0.29) is 16.1 Å². The summed E-state index contributed by atoms with van der Waals surface area (Å²) in [4.78, 5) is 10.8. The highest BCUT2D eigenvalue weighted by atomic mass is 16.6. The van der Waals surface area contributed by atoms with Crippen LogP contribution in [0, 0.1) is 10.1 Å². The predicted octanol–water partition coefficient (Wildman–Crippen LogP) is 3.35. The molecule has 0 aromatic heterocycles. The van der Waals surface area contributed by atoms with E-state index in [4.69, 9.17) is 4.74 Å². The van der Waals surface area contributed by atoms with Crippen LogP contribution in [-0.4, -0.2) is 17.6 Å². The first-order chi connectivity index (χ1) is 8.56. The molecule has 1 aromatic rings. The molecule has 0 saturated heterocycles. The van der Waals surface area contributed by atoms with E-state index in [0.717, 1.165) is 12.8 Å². The standard InChI is InChI=1S/C13H18N2O3/c1-13(8-3-4-9-13)14-10-6-5-7-11(18-2)12(10)15(16)17/h5-7,14H,3-4,8-9H2,1-2H3. The Kier molecular flexibility index (Phi) is 3.41. The number of hydrogen-bond donors (Lipinski definition) is 1. The normalized spacial score (nSPS) is 17.4. The van der Waals surface area contributed by atoms with Gasteiger partial charge in [-0.05, 0) is 31.9 Å². The minimum absolute atomic E-state index is 0.0214. The van der Waals surface area contributed by atoms with E-state index in [9.17, 15) is 10.1 Å². The van der Waals surface area contributed by atoms with E-state index in [2.05, 4.69) is 12.2 Å². The van der Waals surface area contributed by atoms with E-state index in [1.165, 1.54) is 20.0 Å². The van der Waals surface area contributed by atoms with Crippen LogP contribution in [0.1, 0.15) is 32.6 Å². The van der Waals surface area contributed by atoms with Gasteiger partial charge in [-0.1, -0.05) is 18.9 Å². The molecule has 0 unspecified atom stereocenters. The molecule has 5 heteroatoms. The van der Waals surface area contributed by atoms with Crippen molar-refractivity contribution in [3.05, 3.63) is 28.3 Å². The van der Waals surface area contributed by atoms with Crippen molar-refractivity contribution >= 4 is 11.4 Å². The molecule has 0 amide bonds. The number of nitrogens with zero attached hydrogens (tertiary/aromatic N) is 1. The summed E-state index contributed by atoms with van der Waals surface area (Å²) in [7, 11) is 1.45. The Labute approximate surface area is 106 Å². The predicted molar refractivity (Wildman–Crippen MR) is 70.1 cm³/mol. The Hall–Kier alpha value is -1.78. The zero-order valence-corrected chi connectivity index (χ0v) is 10.7. The van der Waals surface area contributed by atoms with E-state index >= 15 is 0 Å². The van der Waals surface area contributed by atoms with Crippen molar-refractivity contribution in [2.45, 2.75) is 38.1 Å². The summed E-state index contributed by atoms with van der Waals surface area (Å²) in [5.41, 5.74) is 0.522. The van der Waals surface area contributed by atoms with Gasteiger partial charge in [0.2, 0.25) is 0 Å². The number of nitrogens with one attached hydrogen (secondary N) is 1. The van der Waals surface area contributed by atoms with Gasteiger partial charge in [0.1, 0.15) is 5.69 Å². The van der Waals surface area contributed by atoms with Crippen LogP contribution < -0.4 is 10.1 Å². The number of rotatable bonds is 4. The molecule has 1 fully saturated rings. The summed E-state index contributed by atoms with van der Waals surface area (Å²) in [6.45, 7) is 2.11. The number of nitro groups is 1. The summed E-state index contributed by atoms with van der Waals surface area (Å²) >= 11 is 0. The highest BCUT2D eigenvalue weighted by Gasteiger charge is 2.31. The fourth-order valence-electron chi connectivity index (χ4n) is 2.58. The minimum atomic E-state index is -0.389. The number of para-hydroxylation sites is 1. The number of anilines is 1. The third-order valence-electron chi connectivity index (χ3n) is 3.55. The molecule has 0 aliphatic heterocycles. The lowest BCUT2D eigenvalue weighted by Gasteiger charge is -2.26. The Morgan fingerprint density at radius 3 is 2.61 bits per heavy atom. The van der Waals surface area contributed by atoms with Crippen molar-refractivity contribution in [2.75, 3.05) is 12.4 Å². The number of ether oxygens (including phenoxy) is 1. The summed E-state index contributed by atoms with van der Waals surface area (Å²) in [6, 6.07) is 5.12. The van der Waals surface area contributed by atoms with Gasteiger partial charge < -0.3 is 10.1 Å². The molecule has 0 radical (unpaired) electrons. The quantitative estimate of drug-likeness (QED) is 0.657. The van der Waals surface area contributed by atoms with Crippen LogP contribution in [-0.2, 0) is 0 Å². The second-order valence-electron chi connectivity index (χ2n) is 5.01. The lowest BCUT2D eigenvalue weighted by atomic mass is 10.00. The summed E-state index contributed by atoms with van der Waals surface area (Å²) in [6.07, 6.45) is 4.42. The van der Waals surface area contributed by atoms with E-state index < -0.39 is 0 Å². The van der Waals surface area contributed by atoms with Gasteiger partial charge in [-0.2, -0.15) is 0 Å². The molecule has 0 bridgehead atoms. The van der Waals surface area contributed by atoms with Gasteiger partial charge in [0.25, 0.3) is 0 Å². The molecule has 1 aliphatic rings. The van der Waals surface area contributed by atoms with Gasteiger partial charge >= 0.3 is 5.69 Å². The minimum Gasteiger partial charge on any atom is -0.490 e. The molecular formula is C13H18N2O3. The van der Waals surface area contributed by atoms with Crippen molar-refractivity contribution < 1.29 is 9.66 Å². The third-order valence-corrected chi connectivity index (χ3v) is 3.55. The number of methoxy groups -OCH3 is 1. The summed E-state index contributed by atoms with van der Waals surface area (Å²) in [5, 5.41) is 14.5. The van der Waals surface area contributed by atoms with Crippen molar-refractivity contribution in [1.82, 2.24) is 0 Å². The number of hydrogen-bond acceptors (Lipinski definition) is 4. The van der Waals surface area contributed by atoms with Crippen molar-refractivity contribution in [3.63, 3.8) is 0 Å². The van der Waals surface area contributed by atoms with Crippen LogP contribution >= 0.6 is 0 Å². The zero-order valence-electron chi connectivity index (χ0n) is 10.7. The zero-order chi connectivity index (χ0) is 13.2. The molecule has 1 N–H and O–H groups in total. The van der Waals surface area contributed by atoms with E-state index in [0.29, 0.717) is 11.4 Å². The highest BCUT2D eigenvalue weighted by Crippen LogP contribution is 2.39. The van der Waals surface area contributed by atoms with Crippen LogP contribution in [0.3, 0.4) is 0 Å². The molecular weight excluding hydrogens is 232 g/mol. The second kappa shape index (κ2) is 4.84. The first-order valence-electron chi connectivity index (χ1n) is 6.15. The van der Waals surface area contributed by atoms with Crippen LogP contribution in [0.5, 0.6) is 5.75 Å². The maximum atomic E-state index is 11.2. The van der Waals surface area contributed by atoms with Gasteiger partial charge in [-0.15, -0.1) is 0 Å². The maximum absolute atomic E-state index is 11.2. The Balaban J connectivity index is 2.35. The number of nitro benzene ring substituents is 1. The van der Waals surface area contributed by atoms with Gasteiger partial charge in [0.05, 0.1) is 12.0 Å². The van der Waals surface area contributed by atoms with Crippen molar-refractivity contribution in [1.29, 1.82) is 0 Å². The largest absolute Gasteiger partial charge is 0.490 e. The van der Waals surface area contributed by atoms with E-state index in [1.54, 1.807) is 18.2 Å². The molecule has 1 saturated carbocycles. The van der Waals surface area contributed by atoms with Crippen molar-refractivity contribution in [3.8, 4) is 5.75 Å². The molecule has 98 valence electrons. The SMILES string of the molecule is COc1cccc(NC2(C)CCCC2)c1[N+](=O)[O-]. The third kappa shape index (κ3) is 2.39. The van der Waals surface area contributed by atoms with Gasteiger partial charge in [0.15, 0.2) is 5.75 Å². The Morgan fingerprint density at radius 1 is 1.39 bits per heavy atom. The molecule has 0 spiro atoms. The summed E-state index contributed by atoms with van der Waals surface area (Å²) < 4.78 is 5.06. The lowest BCUT2D eigenvalue weighted by molar-refractivity contribution is -0.384. The average molecular weight is 250 g/mol. The molecule has 1 aliphatic carbocycles. The van der Waals surface area contributed by atoms with Gasteiger partial charge in [0, 0.05) is 5.54 Å². The molecule has 18 heavy (non-hydrogen) atoms. The maximum Gasteiger partial charge on any atom is 0.333 e. The molecule has 1 aromatic carbocycles. The fourth-order valence-corrected chi connectivity index (χ4v) is 2.58. The highest BCUT2D eigenvalue weighted by molar-refractivity contribution is 5.69. The van der Waals surface area contributed by atoms with Crippen LogP contribution in [0.2, 0.25) is 0 Å². The smallest absolute Gasteiger partial charge is 0.333 e. The lowest BCUT2D eigenvalue weighted by Crippen LogP contribution is -2.31. The number of benzene rings is 1. The monoisotopic (exact) mass is 250 g/mol. The van der Waals surface area contributed by atoms with Crippen LogP contribution in [0.25, 0.3) is 0 Å². The van der Waals surface area contributed by atoms with Gasteiger partial charge in [-0.3, -0.25) is 10.1 Å². The van der Waals surface area contributed by atoms with Gasteiger partial charge in [-0.25, -0.2) is 0 Å². The molecule has 0 atom stereocenters. The average Bonchev–Trinajstić information content (AvgIpc) is 2.75. The Bertz CT molecular complexity index is 454. The van der Waals surface area contributed by atoms with Crippen molar-refractivity contribution in [2.24, 2.45) is 0 Å². The topological polar surface area (TPSA) is 64.4 Å². The summed E-state index contributed by atoms with van der Waals surface area (Å²) in [5.74, 6) is 0.298. The second-order valence-corrected chi connectivity index (χ2v) is 5.01. The van der Waals surface area contributed by atoms with E-state index in [1.807, 2.05) is 0 Å². The van der Waals surface area contributed by atoms with Crippen LogP contribution in [0.15, 0.2) is 18.2 Å². The first-order valence-corrected chi connectivity index (χ1v) is 6.15. The fraction of sp³-hybridized carbons (Fsp3) is 0.538.